The van der Waals surface area contributed by atoms with Crippen LogP contribution in [0.4, 0.5) is 4.39 Å². The van der Waals surface area contributed by atoms with Crippen LogP contribution in [0.15, 0.2) is 42.7 Å². The highest BCUT2D eigenvalue weighted by atomic mass is 19.1. The quantitative estimate of drug-likeness (QED) is 0.780. The summed E-state index contributed by atoms with van der Waals surface area (Å²) in [5, 5.41) is 0. The predicted octanol–water partition coefficient (Wildman–Crippen LogP) is 3.06. The van der Waals surface area contributed by atoms with Gasteiger partial charge in [-0.3, -0.25) is 4.98 Å². The fraction of sp³-hybridized carbons (Fsp3) is 0.143. The number of esters is 1. The molecular weight excluding hydrogens is 233 g/mol. The van der Waals surface area contributed by atoms with Crippen LogP contribution >= 0.6 is 0 Å². The van der Waals surface area contributed by atoms with Gasteiger partial charge in [-0.2, -0.15) is 0 Å². The molecule has 0 spiro atoms. The summed E-state index contributed by atoms with van der Waals surface area (Å²) in [6, 6.07) is 7.67. The largest absolute Gasteiger partial charge is 0.462 e. The molecule has 0 aliphatic heterocycles. The average molecular weight is 245 g/mol. The van der Waals surface area contributed by atoms with E-state index in [1.807, 2.05) is 0 Å². The second-order valence-electron chi connectivity index (χ2n) is 3.62. The molecule has 0 radical (unpaired) electrons. The molecular formula is C14H12FNO2. The first kappa shape index (κ1) is 12.2. The minimum atomic E-state index is -0.524. The summed E-state index contributed by atoms with van der Waals surface area (Å²) in [7, 11) is 0. The Morgan fingerprint density at radius 1 is 1.28 bits per heavy atom. The summed E-state index contributed by atoms with van der Waals surface area (Å²) < 4.78 is 18.8. The van der Waals surface area contributed by atoms with Crippen LogP contribution in [-0.2, 0) is 4.74 Å². The van der Waals surface area contributed by atoms with Crippen molar-refractivity contribution >= 4 is 5.97 Å². The zero-order chi connectivity index (χ0) is 13.0. The van der Waals surface area contributed by atoms with E-state index in [1.165, 1.54) is 12.1 Å². The predicted molar refractivity (Wildman–Crippen MR) is 65.6 cm³/mol. The first-order chi connectivity index (χ1) is 8.74. The molecule has 92 valence electrons. The van der Waals surface area contributed by atoms with Crippen LogP contribution in [0, 0.1) is 5.82 Å². The Bertz CT molecular complexity index is 555. The summed E-state index contributed by atoms with van der Waals surface area (Å²) in [4.78, 5) is 15.7. The van der Waals surface area contributed by atoms with Crippen molar-refractivity contribution in [2.45, 2.75) is 6.92 Å². The number of hydrogen-bond donors (Lipinski definition) is 0. The lowest BCUT2D eigenvalue weighted by Gasteiger charge is -2.09. The summed E-state index contributed by atoms with van der Waals surface area (Å²) in [5.41, 5.74) is 1.08. The van der Waals surface area contributed by atoms with E-state index >= 15 is 0 Å². The molecule has 0 aliphatic carbocycles. The molecule has 1 aromatic heterocycles. The van der Waals surface area contributed by atoms with Crippen LogP contribution in [0.25, 0.3) is 11.1 Å². The summed E-state index contributed by atoms with van der Waals surface area (Å²) in [6.45, 7) is 1.97. The van der Waals surface area contributed by atoms with Gasteiger partial charge in [-0.25, -0.2) is 9.18 Å². The van der Waals surface area contributed by atoms with E-state index in [-0.39, 0.29) is 17.7 Å². The number of carbonyl (C=O) groups is 1. The molecule has 0 fully saturated rings. The molecule has 2 aromatic rings. The lowest BCUT2D eigenvalue weighted by molar-refractivity contribution is 0.0527. The van der Waals surface area contributed by atoms with E-state index in [4.69, 9.17) is 4.74 Å². The van der Waals surface area contributed by atoms with E-state index in [0.29, 0.717) is 5.56 Å². The first-order valence-corrected chi connectivity index (χ1v) is 5.60. The number of rotatable bonds is 3. The van der Waals surface area contributed by atoms with Crippen molar-refractivity contribution in [2.75, 3.05) is 6.61 Å². The van der Waals surface area contributed by atoms with E-state index in [9.17, 15) is 9.18 Å². The van der Waals surface area contributed by atoms with Crippen molar-refractivity contribution < 1.29 is 13.9 Å². The van der Waals surface area contributed by atoms with Crippen LogP contribution < -0.4 is 0 Å². The van der Waals surface area contributed by atoms with E-state index in [1.54, 1.807) is 37.5 Å². The Kier molecular flexibility index (Phi) is 3.67. The number of hydrogen-bond acceptors (Lipinski definition) is 3. The Morgan fingerprint density at radius 3 is 2.67 bits per heavy atom. The van der Waals surface area contributed by atoms with Gasteiger partial charge in [0.25, 0.3) is 0 Å². The zero-order valence-corrected chi connectivity index (χ0v) is 9.89. The molecule has 1 heterocycles. The molecule has 18 heavy (non-hydrogen) atoms. The smallest absolute Gasteiger partial charge is 0.338 e. The topological polar surface area (TPSA) is 39.2 Å². The summed E-state index contributed by atoms with van der Waals surface area (Å²) in [5.74, 6) is -0.976. The molecule has 2 rings (SSSR count). The third kappa shape index (κ3) is 2.37. The highest BCUT2D eigenvalue weighted by Gasteiger charge is 2.17. The van der Waals surface area contributed by atoms with Gasteiger partial charge in [-0.05, 0) is 36.8 Å². The van der Waals surface area contributed by atoms with Gasteiger partial charge in [0.1, 0.15) is 5.82 Å². The second kappa shape index (κ2) is 5.40. The summed E-state index contributed by atoms with van der Waals surface area (Å²) >= 11 is 0. The molecule has 0 unspecified atom stereocenters. The highest BCUT2D eigenvalue weighted by molar-refractivity contribution is 5.97. The molecule has 0 aliphatic rings. The molecule has 0 atom stereocenters. The molecule has 3 nitrogen and oxygen atoms in total. The van der Waals surface area contributed by atoms with Gasteiger partial charge in [-0.1, -0.05) is 6.07 Å². The monoisotopic (exact) mass is 245 g/mol. The van der Waals surface area contributed by atoms with Crippen LogP contribution in [0.3, 0.4) is 0 Å². The SMILES string of the molecule is CCOC(=O)c1cccc(F)c1-c1ccncc1. The number of halogens is 1. The Morgan fingerprint density at radius 2 is 2.00 bits per heavy atom. The Hall–Kier alpha value is -2.23. The minimum absolute atomic E-state index is 0.225. The van der Waals surface area contributed by atoms with Crippen LogP contribution in [0.1, 0.15) is 17.3 Å². The van der Waals surface area contributed by atoms with Crippen LogP contribution in [-0.4, -0.2) is 17.6 Å². The Labute approximate surface area is 104 Å². The van der Waals surface area contributed by atoms with E-state index in [2.05, 4.69) is 4.98 Å². The number of pyridine rings is 1. The second-order valence-corrected chi connectivity index (χ2v) is 3.62. The van der Waals surface area contributed by atoms with Crippen LogP contribution in [0.2, 0.25) is 0 Å². The van der Waals surface area contributed by atoms with Gasteiger partial charge < -0.3 is 4.74 Å². The van der Waals surface area contributed by atoms with Crippen molar-refractivity contribution in [3.8, 4) is 11.1 Å². The average Bonchev–Trinajstić information content (AvgIpc) is 2.39. The normalized spacial score (nSPS) is 10.1. The summed E-state index contributed by atoms with van der Waals surface area (Å²) in [6.07, 6.45) is 3.10. The molecule has 1 aromatic carbocycles. The van der Waals surface area contributed by atoms with Gasteiger partial charge in [0, 0.05) is 18.0 Å². The molecule has 0 amide bonds. The lowest BCUT2D eigenvalue weighted by Crippen LogP contribution is -2.07. The first-order valence-electron chi connectivity index (χ1n) is 5.60. The number of ether oxygens (including phenoxy) is 1. The van der Waals surface area contributed by atoms with Crippen molar-refractivity contribution in [1.29, 1.82) is 0 Å². The molecule has 0 saturated heterocycles. The maximum Gasteiger partial charge on any atom is 0.338 e. The van der Waals surface area contributed by atoms with Gasteiger partial charge in [0.15, 0.2) is 0 Å². The van der Waals surface area contributed by atoms with Crippen molar-refractivity contribution in [2.24, 2.45) is 0 Å². The number of aromatic nitrogens is 1. The zero-order valence-electron chi connectivity index (χ0n) is 9.89. The van der Waals surface area contributed by atoms with E-state index < -0.39 is 11.8 Å². The molecule has 0 saturated carbocycles. The third-order valence-electron chi connectivity index (χ3n) is 2.48. The van der Waals surface area contributed by atoms with Crippen molar-refractivity contribution in [1.82, 2.24) is 4.98 Å². The number of nitrogens with zero attached hydrogens (tertiary/aromatic N) is 1. The maximum absolute atomic E-state index is 13.9. The number of carbonyl (C=O) groups excluding carboxylic acids is 1. The molecule has 0 N–H and O–H groups in total. The van der Waals surface area contributed by atoms with Crippen molar-refractivity contribution in [3.05, 3.63) is 54.1 Å². The van der Waals surface area contributed by atoms with Crippen LogP contribution in [0.5, 0.6) is 0 Å². The molecule has 4 heteroatoms. The standard InChI is InChI=1S/C14H12FNO2/c1-2-18-14(17)11-4-3-5-12(15)13(11)10-6-8-16-9-7-10/h3-9H,2H2,1H3. The van der Waals surface area contributed by atoms with Gasteiger partial charge in [-0.15, -0.1) is 0 Å². The van der Waals surface area contributed by atoms with Gasteiger partial charge in [0.05, 0.1) is 12.2 Å². The van der Waals surface area contributed by atoms with E-state index in [0.717, 1.165) is 0 Å². The molecule has 0 bridgehead atoms. The Balaban J connectivity index is 2.55. The van der Waals surface area contributed by atoms with Gasteiger partial charge in [0.2, 0.25) is 0 Å². The highest BCUT2D eigenvalue weighted by Crippen LogP contribution is 2.26. The fourth-order valence-corrected chi connectivity index (χ4v) is 1.72. The van der Waals surface area contributed by atoms with Crippen molar-refractivity contribution in [3.63, 3.8) is 0 Å². The minimum Gasteiger partial charge on any atom is -0.462 e. The van der Waals surface area contributed by atoms with Gasteiger partial charge >= 0.3 is 5.97 Å². The fourth-order valence-electron chi connectivity index (χ4n) is 1.72. The lowest BCUT2D eigenvalue weighted by atomic mass is 10.00. The maximum atomic E-state index is 13.9. The third-order valence-corrected chi connectivity index (χ3v) is 2.48. The number of benzene rings is 1.